The Balaban J connectivity index is 2.15. The van der Waals surface area contributed by atoms with Crippen molar-refractivity contribution in [2.45, 2.75) is 25.6 Å². The van der Waals surface area contributed by atoms with Crippen molar-refractivity contribution in [3.63, 3.8) is 0 Å². The molecule has 2 aromatic rings. The van der Waals surface area contributed by atoms with E-state index in [1.807, 2.05) is 18.4 Å². The molecule has 1 atom stereocenters. The lowest BCUT2D eigenvalue weighted by atomic mass is 10.0. The van der Waals surface area contributed by atoms with Crippen molar-refractivity contribution in [1.29, 1.82) is 0 Å². The molecule has 0 saturated heterocycles. The monoisotopic (exact) mass is 286 g/mol. The molecule has 0 bridgehead atoms. The van der Waals surface area contributed by atoms with Gasteiger partial charge in [0, 0.05) is 11.3 Å². The number of thiophene rings is 1. The van der Waals surface area contributed by atoms with Gasteiger partial charge in [-0.15, -0.1) is 11.3 Å². The highest BCUT2D eigenvalue weighted by atomic mass is 32.1. The highest BCUT2D eigenvalue weighted by molar-refractivity contribution is 7.10. The van der Waals surface area contributed by atoms with Gasteiger partial charge in [-0.3, -0.25) is 0 Å². The number of benzene rings is 1. The first-order chi connectivity index (χ1) is 8.86. The second-order valence-corrected chi connectivity index (χ2v) is 5.52. The summed E-state index contributed by atoms with van der Waals surface area (Å²) < 4.78 is 37.7. The van der Waals surface area contributed by atoms with Gasteiger partial charge in [0.2, 0.25) is 0 Å². The minimum Gasteiger partial charge on any atom is -0.388 e. The third kappa shape index (κ3) is 3.58. The molecule has 0 fully saturated rings. The summed E-state index contributed by atoms with van der Waals surface area (Å²) >= 11 is 1.51. The first-order valence-corrected chi connectivity index (χ1v) is 6.63. The highest BCUT2D eigenvalue weighted by Crippen LogP contribution is 2.31. The Bertz CT molecular complexity index is 560. The number of halogens is 3. The molecule has 1 aromatic heterocycles. The highest BCUT2D eigenvalue weighted by Gasteiger charge is 2.30. The average Bonchev–Trinajstić information content (AvgIpc) is 2.75. The summed E-state index contributed by atoms with van der Waals surface area (Å²) in [4.78, 5) is 1.07. The fraction of sp³-hybridized carbons (Fsp3) is 0.286. The van der Waals surface area contributed by atoms with Crippen LogP contribution in [0, 0.1) is 6.92 Å². The molecule has 0 aliphatic carbocycles. The van der Waals surface area contributed by atoms with Gasteiger partial charge in [-0.2, -0.15) is 13.2 Å². The Kier molecular flexibility index (Phi) is 3.96. The maximum Gasteiger partial charge on any atom is 0.416 e. The minimum absolute atomic E-state index is 0.181. The van der Waals surface area contributed by atoms with Crippen molar-refractivity contribution >= 4 is 11.3 Å². The Morgan fingerprint density at radius 1 is 1.26 bits per heavy atom. The number of alkyl halides is 3. The number of hydrogen-bond acceptors (Lipinski definition) is 2. The van der Waals surface area contributed by atoms with Crippen LogP contribution in [0.3, 0.4) is 0 Å². The van der Waals surface area contributed by atoms with E-state index in [4.69, 9.17) is 0 Å². The molecule has 0 aliphatic heterocycles. The van der Waals surface area contributed by atoms with Gasteiger partial charge in [0.25, 0.3) is 0 Å². The van der Waals surface area contributed by atoms with Crippen LogP contribution in [-0.4, -0.2) is 5.11 Å². The first kappa shape index (κ1) is 14.1. The van der Waals surface area contributed by atoms with Crippen molar-refractivity contribution in [2.75, 3.05) is 0 Å². The van der Waals surface area contributed by atoms with Crippen LogP contribution in [0.25, 0.3) is 0 Å². The molecule has 1 nitrogen and oxygen atoms in total. The van der Waals surface area contributed by atoms with Crippen LogP contribution in [0.15, 0.2) is 35.7 Å². The second kappa shape index (κ2) is 5.35. The number of aliphatic hydroxyl groups is 1. The molecule has 1 heterocycles. The molecular weight excluding hydrogens is 273 g/mol. The van der Waals surface area contributed by atoms with Crippen molar-refractivity contribution in [1.82, 2.24) is 0 Å². The second-order valence-electron chi connectivity index (χ2n) is 4.41. The van der Waals surface area contributed by atoms with Crippen LogP contribution in [0.4, 0.5) is 13.2 Å². The van der Waals surface area contributed by atoms with Crippen LogP contribution >= 0.6 is 11.3 Å². The molecule has 1 unspecified atom stereocenters. The quantitative estimate of drug-likeness (QED) is 0.889. The van der Waals surface area contributed by atoms with Gasteiger partial charge in [-0.1, -0.05) is 18.2 Å². The molecule has 19 heavy (non-hydrogen) atoms. The summed E-state index contributed by atoms with van der Waals surface area (Å²) in [7, 11) is 0. The third-order valence-electron chi connectivity index (χ3n) is 2.82. The van der Waals surface area contributed by atoms with E-state index in [1.54, 1.807) is 6.07 Å². The average molecular weight is 286 g/mol. The maximum absolute atomic E-state index is 12.6. The fourth-order valence-corrected chi connectivity index (χ4v) is 2.61. The van der Waals surface area contributed by atoms with E-state index in [9.17, 15) is 18.3 Å². The topological polar surface area (TPSA) is 20.2 Å². The van der Waals surface area contributed by atoms with E-state index in [0.717, 1.165) is 22.6 Å². The SMILES string of the molecule is Cc1cc(C(O)Cc2cccc(C(F)(F)F)c2)cs1. The van der Waals surface area contributed by atoms with Crippen LogP contribution in [-0.2, 0) is 12.6 Å². The third-order valence-corrected chi connectivity index (χ3v) is 3.70. The normalized spacial score (nSPS) is 13.5. The van der Waals surface area contributed by atoms with Gasteiger partial charge in [-0.05, 0) is 35.6 Å². The molecule has 1 N–H and O–H groups in total. The summed E-state index contributed by atoms with van der Waals surface area (Å²) in [5.41, 5.74) is 0.546. The maximum atomic E-state index is 12.6. The first-order valence-electron chi connectivity index (χ1n) is 5.75. The Morgan fingerprint density at radius 2 is 2.00 bits per heavy atom. The summed E-state index contributed by atoms with van der Waals surface area (Å²) in [6.45, 7) is 1.92. The number of hydrogen-bond donors (Lipinski definition) is 1. The molecule has 0 radical (unpaired) electrons. The van der Waals surface area contributed by atoms with Gasteiger partial charge in [0.05, 0.1) is 11.7 Å². The van der Waals surface area contributed by atoms with E-state index in [1.165, 1.54) is 17.4 Å². The molecule has 102 valence electrons. The van der Waals surface area contributed by atoms with Gasteiger partial charge < -0.3 is 5.11 Å². The number of aliphatic hydroxyl groups excluding tert-OH is 1. The predicted molar refractivity (Wildman–Crippen MR) is 69.2 cm³/mol. The minimum atomic E-state index is -4.35. The lowest BCUT2D eigenvalue weighted by Crippen LogP contribution is -2.07. The zero-order chi connectivity index (χ0) is 14.0. The van der Waals surface area contributed by atoms with Gasteiger partial charge in [0.1, 0.15) is 0 Å². The number of rotatable bonds is 3. The van der Waals surface area contributed by atoms with E-state index in [0.29, 0.717) is 5.56 Å². The van der Waals surface area contributed by atoms with Crippen molar-refractivity contribution in [3.05, 3.63) is 57.3 Å². The Hall–Kier alpha value is -1.33. The van der Waals surface area contributed by atoms with Crippen molar-refractivity contribution in [2.24, 2.45) is 0 Å². The smallest absolute Gasteiger partial charge is 0.388 e. The van der Waals surface area contributed by atoms with Crippen LogP contribution in [0.5, 0.6) is 0 Å². The zero-order valence-corrected chi connectivity index (χ0v) is 11.1. The van der Waals surface area contributed by atoms with Crippen molar-refractivity contribution in [3.8, 4) is 0 Å². The number of aryl methyl sites for hydroxylation is 1. The van der Waals surface area contributed by atoms with Gasteiger partial charge >= 0.3 is 6.18 Å². The Morgan fingerprint density at radius 3 is 2.58 bits per heavy atom. The largest absolute Gasteiger partial charge is 0.416 e. The molecular formula is C14H13F3OS. The van der Waals surface area contributed by atoms with Crippen LogP contribution in [0.2, 0.25) is 0 Å². The molecule has 0 saturated carbocycles. The van der Waals surface area contributed by atoms with E-state index in [-0.39, 0.29) is 6.42 Å². The molecule has 0 spiro atoms. The predicted octanol–water partition coefficient (Wildman–Crippen LogP) is 4.35. The molecule has 0 amide bonds. The van der Waals surface area contributed by atoms with E-state index >= 15 is 0 Å². The van der Waals surface area contributed by atoms with E-state index < -0.39 is 17.8 Å². The molecule has 2 rings (SSSR count). The van der Waals surface area contributed by atoms with Gasteiger partial charge in [0.15, 0.2) is 0 Å². The van der Waals surface area contributed by atoms with Crippen LogP contribution < -0.4 is 0 Å². The summed E-state index contributed by atoms with van der Waals surface area (Å²) in [6.07, 6.45) is -4.94. The van der Waals surface area contributed by atoms with Gasteiger partial charge in [-0.25, -0.2) is 0 Å². The Labute approximate surface area is 113 Å². The molecule has 0 aliphatic rings. The molecule has 5 heteroatoms. The summed E-state index contributed by atoms with van der Waals surface area (Å²) in [5.74, 6) is 0. The standard InChI is InChI=1S/C14H13F3OS/c1-9-5-11(8-19-9)13(18)7-10-3-2-4-12(6-10)14(15,16)17/h2-6,8,13,18H,7H2,1H3. The van der Waals surface area contributed by atoms with Crippen molar-refractivity contribution < 1.29 is 18.3 Å². The van der Waals surface area contributed by atoms with Crippen LogP contribution in [0.1, 0.15) is 27.7 Å². The fourth-order valence-electron chi connectivity index (χ4n) is 1.85. The zero-order valence-electron chi connectivity index (χ0n) is 10.2. The summed E-state index contributed by atoms with van der Waals surface area (Å²) in [6, 6.07) is 6.93. The lowest BCUT2D eigenvalue weighted by Gasteiger charge is -2.11. The molecule has 1 aromatic carbocycles. The van der Waals surface area contributed by atoms with E-state index in [2.05, 4.69) is 0 Å². The lowest BCUT2D eigenvalue weighted by molar-refractivity contribution is -0.137. The summed E-state index contributed by atoms with van der Waals surface area (Å²) in [5, 5.41) is 11.8.